The highest BCUT2D eigenvalue weighted by Crippen LogP contribution is 2.37. The quantitative estimate of drug-likeness (QED) is 0.0171. The van der Waals surface area contributed by atoms with Gasteiger partial charge in [-0.25, -0.2) is 9.36 Å². The minimum atomic E-state index is -4.97. The Kier molecular flexibility index (Phi) is 40.0. The van der Waals surface area contributed by atoms with Crippen molar-refractivity contribution >= 4 is 108 Å². The number of unbranched alkanes of at least 4 members (excludes halogenated alkanes) is 3. The maximum Gasteiger partial charge on any atom is 0.524 e. The van der Waals surface area contributed by atoms with Crippen molar-refractivity contribution in [1.29, 1.82) is 0 Å². The van der Waals surface area contributed by atoms with Crippen LogP contribution in [0.5, 0.6) is 5.75 Å². The van der Waals surface area contributed by atoms with E-state index in [1.165, 1.54) is 45.0 Å². The van der Waals surface area contributed by atoms with E-state index in [1.54, 1.807) is 44.2 Å². The molecule has 0 aromatic heterocycles. The zero-order valence-electron chi connectivity index (χ0n) is 62.9. The lowest BCUT2D eigenvalue weighted by molar-refractivity contribution is -0.137. The van der Waals surface area contributed by atoms with Gasteiger partial charge in [-0.05, 0) is 88.5 Å². The van der Waals surface area contributed by atoms with E-state index < -0.39 is 164 Å². The maximum absolute atomic E-state index is 14.4. The van der Waals surface area contributed by atoms with Gasteiger partial charge in [0.05, 0.1) is 58.1 Å². The van der Waals surface area contributed by atoms with Gasteiger partial charge >= 0.3 is 13.9 Å². The second-order valence-electron chi connectivity index (χ2n) is 27.1. The fourth-order valence-electron chi connectivity index (χ4n) is 11.6. The number of nitrogens with one attached hydrogen (secondary N) is 14. The van der Waals surface area contributed by atoms with Crippen LogP contribution in [-0.4, -0.2) is 248 Å². The molecule has 16 amide bonds. The molecule has 3 fully saturated rings. The number of thioether (sulfide) groups is 1. The Labute approximate surface area is 646 Å². The molecular formula is C70H107N16O23PS. The van der Waals surface area contributed by atoms with E-state index in [0.29, 0.717) is 36.6 Å². The molecule has 3 heterocycles. The summed E-state index contributed by atoms with van der Waals surface area (Å²) < 4.78 is 37.8. The Bertz CT molecular complexity index is 3530. The number of amides is 16. The summed E-state index contributed by atoms with van der Waals surface area (Å²) in [5.74, 6) is -11.4. The number of phosphoric ester groups is 1. The number of hydrogen-bond donors (Lipinski definition) is 18. The van der Waals surface area contributed by atoms with E-state index in [-0.39, 0.29) is 121 Å². The van der Waals surface area contributed by atoms with E-state index >= 15 is 0 Å². The van der Waals surface area contributed by atoms with Crippen molar-refractivity contribution < 1.29 is 110 Å². The van der Waals surface area contributed by atoms with Gasteiger partial charge in [0.1, 0.15) is 73.3 Å². The molecule has 0 aliphatic carbocycles. The molecule has 0 bridgehead atoms. The molecule has 5 rings (SSSR count). The van der Waals surface area contributed by atoms with Crippen LogP contribution in [-0.2, 0) is 103 Å². The number of benzene rings is 2. The third-order valence-corrected chi connectivity index (χ3v) is 19.5. The van der Waals surface area contributed by atoms with E-state index in [9.17, 15) is 86.3 Å². The third kappa shape index (κ3) is 35.6. The minimum Gasteiger partial charge on any atom is -0.404 e. The van der Waals surface area contributed by atoms with Gasteiger partial charge in [-0.3, -0.25) is 76.9 Å². The van der Waals surface area contributed by atoms with Crippen LogP contribution in [0.1, 0.15) is 116 Å². The number of urea groups is 1. The number of fused-ring (bicyclic) bond motifs is 1. The molecule has 3 aliphatic heterocycles. The molecule has 2 aromatic carbocycles. The summed E-state index contributed by atoms with van der Waals surface area (Å²) in [5, 5.41) is 36.9. The molecule has 41 heteroatoms. The zero-order chi connectivity index (χ0) is 81.6. The van der Waals surface area contributed by atoms with Crippen LogP contribution in [0, 0.1) is 5.92 Å². The predicted molar refractivity (Wildman–Crippen MR) is 399 cm³/mol. The van der Waals surface area contributed by atoms with E-state index in [1.807, 2.05) is 11.8 Å². The van der Waals surface area contributed by atoms with Crippen molar-refractivity contribution in [1.82, 2.24) is 74.4 Å². The number of ether oxygens (including phenoxy) is 4. The summed E-state index contributed by atoms with van der Waals surface area (Å²) in [6, 6.07) is 0.342. The number of primary amides is 2. The van der Waals surface area contributed by atoms with Crippen molar-refractivity contribution in [3.63, 3.8) is 0 Å². The minimum absolute atomic E-state index is 0.00943. The highest BCUT2D eigenvalue weighted by Gasteiger charge is 2.43. The highest BCUT2D eigenvalue weighted by molar-refractivity contribution is 8.00. The number of nitrogens with two attached hydrogens (primary N) is 2. The van der Waals surface area contributed by atoms with Crippen molar-refractivity contribution in [3.05, 3.63) is 65.7 Å². The van der Waals surface area contributed by atoms with Crippen LogP contribution in [0.4, 0.5) is 4.79 Å². The molecule has 12 atom stereocenters. The lowest BCUT2D eigenvalue weighted by Crippen LogP contribution is -2.62. The number of carbonyl (C=O) groups excluding carboxylic acids is 15. The number of carbonyl (C=O) groups is 15. The highest BCUT2D eigenvalue weighted by atomic mass is 32.2. The molecule has 0 spiro atoms. The second-order valence-corrected chi connectivity index (χ2v) is 29.5. The van der Waals surface area contributed by atoms with Crippen LogP contribution < -0.4 is 90.4 Å². The molecule has 20 N–H and O–H groups in total. The molecule has 39 nitrogen and oxygen atoms in total. The van der Waals surface area contributed by atoms with Crippen molar-refractivity contribution in [2.75, 3.05) is 78.2 Å². The number of phosphoric acid groups is 1. The summed E-state index contributed by atoms with van der Waals surface area (Å²) >= 11 is 1.87. The summed E-state index contributed by atoms with van der Waals surface area (Å²) in [7, 11) is -4.97. The molecule has 3 aliphatic rings. The predicted octanol–water partition coefficient (Wildman–Crippen LogP) is -4.12. The molecular weight excluding hydrogens is 1500 g/mol. The monoisotopic (exact) mass is 1600 g/mol. The Morgan fingerprint density at radius 3 is 1.61 bits per heavy atom. The maximum atomic E-state index is 14.4. The Balaban J connectivity index is 1.05. The molecule has 111 heavy (non-hydrogen) atoms. The van der Waals surface area contributed by atoms with Gasteiger partial charge in [0, 0.05) is 56.3 Å². The standard InChI is InChI=1S/C70H107N16O23PS/c1-40(2)59-69(100)80-48(23-24-56(89)74-26-28-105-30-32-107-37-57(90)75-27-29-106-31-33-108-38-58(91)79-47(61(72)92)16-12-13-25-73-55(88)18-11-7-10-17-53-60-52(39-111-53)84-70(101)86-60)65(96)77-41(3)62(93)76-42(4)63(94)81-49(35-45-19-21-46(22-20-45)109-110(102,103)104)66(97)78-43(5)64(95)82-51(36-54(71)87)67(98)83-50(68(99)85-59)34-44-14-8-6-9-15-44/h6,8-9,14-15,19-22,40-43,47-53,59-60H,7,10-13,16-18,23-39H2,1-5H3,(H2,71,87)(H2,72,92)(H,73,88)(H,74,89)(H,75,90)(H,76,93)(H,77,96)(H,78,97)(H,79,91)(H,80,100)(H,81,94)(H,82,95)(H,83,98)(H,85,99)(H2,84,86,101)(H2,102,103,104)/t41-,42-,43-,47-,48-,49-,50-,51-,52-,53-,59-,60-/m0/s1. The summed E-state index contributed by atoms with van der Waals surface area (Å²) in [6.07, 6.45) is 3.24. The average molecular weight is 1600 g/mol. The Hall–Kier alpha value is -9.57. The van der Waals surface area contributed by atoms with Crippen LogP contribution in [0.2, 0.25) is 0 Å². The molecule has 0 saturated carbocycles. The smallest absolute Gasteiger partial charge is 0.404 e. The van der Waals surface area contributed by atoms with E-state index in [4.69, 9.17) is 30.4 Å². The van der Waals surface area contributed by atoms with Gasteiger partial charge < -0.3 is 109 Å². The number of rotatable bonds is 41. The zero-order valence-corrected chi connectivity index (χ0v) is 64.6. The van der Waals surface area contributed by atoms with Gasteiger partial charge in [-0.15, -0.1) is 0 Å². The Morgan fingerprint density at radius 2 is 1.02 bits per heavy atom. The lowest BCUT2D eigenvalue weighted by atomic mass is 9.99. The molecule has 3 saturated heterocycles. The van der Waals surface area contributed by atoms with Gasteiger partial charge in [0.25, 0.3) is 0 Å². The number of hydrogen-bond acceptors (Lipinski definition) is 22. The van der Waals surface area contributed by atoms with Gasteiger partial charge in [-0.2, -0.15) is 11.8 Å². The first-order valence-corrected chi connectivity index (χ1v) is 39.3. The van der Waals surface area contributed by atoms with Crippen molar-refractivity contribution in [2.24, 2.45) is 17.4 Å². The fourth-order valence-corrected chi connectivity index (χ4v) is 13.5. The summed E-state index contributed by atoms with van der Waals surface area (Å²) in [5.41, 5.74) is 11.8. The first-order valence-electron chi connectivity index (χ1n) is 36.7. The van der Waals surface area contributed by atoms with Crippen LogP contribution >= 0.6 is 19.6 Å². The molecule has 616 valence electrons. The first-order chi connectivity index (χ1) is 52.7. The van der Waals surface area contributed by atoms with Crippen LogP contribution in [0.3, 0.4) is 0 Å². The SMILES string of the molecule is CC(C)[C@@H]1NC(=O)[C@H](Cc2ccccc2)NC(=O)[C@H](CC(N)=O)NC(=O)[C@H](C)NC(=O)[C@H](Cc2ccc(OP(=O)(O)O)cc2)NC(=O)[C@H](C)NC(=O)[C@H](C)NC(=O)[C@H](CCC(=O)NCCOCCOCC(=O)NCCOCCOCC(=O)N[C@@H](CCCCNC(=O)CCCCC[C@@H]2SC[C@@H]3NC(=O)N[C@@H]32)C(N)=O)NC1=O. The normalized spacial score (nSPS) is 22.7. The largest absolute Gasteiger partial charge is 0.524 e. The summed E-state index contributed by atoms with van der Waals surface area (Å²) in [4.78, 5) is 217. The van der Waals surface area contributed by atoms with E-state index in [0.717, 1.165) is 31.4 Å². The van der Waals surface area contributed by atoms with Gasteiger partial charge in [0.2, 0.25) is 82.7 Å². The molecule has 0 unspecified atom stereocenters. The van der Waals surface area contributed by atoms with E-state index in [2.05, 4.69) is 79.0 Å². The average Bonchev–Trinajstić information content (AvgIpc) is 1.69. The fraction of sp³-hybridized carbons (Fsp3) is 0.614. The lowest BCUT2D eigenvalue weighted by Gasteiger charge is -2.29. The van der Waals surface area contributed by atoms with Crippen molar-refractivity contribution in [2.45, 2.75) is 190 Å². The third-order valence-electron chi connectivity index (χ3n) is 17.6. The first kappa shape index (κ1) is 92.0. The van der Waals surface area contributed by atoms with Gasteiger partial charge in [0.15, 0.2) is 0 Å². The summed E-state index contributed by atoms with van der Waals surface area (Å²) in [6.45, 7) is 6.89. The second kappa shape index (κ2) is 48.3. The Morgan fingerprint density at radius 1 is 0.514 bits per heavy atom. The van der Waals surface area contributed by atoms with Crippen molar-refractivity contribution in [3.8, 4) is 5.75 Å². The molecule has 2 aromatic rings. The molecule has 0 radical (unpaired) electrons. The van der Waals surface area contributed by atoms with Crippen LogP contribution in [0.15, 0.2) is 54.6 Å². The topological polar surface area (TPSA) is 580 Å². The van der Waals surface area contributed by atoms with Crippen LogP contribution in [0.25, 0.3) is 0 Å². The van der Waals surface area contributed by atoms with Gasteiger partial charge in [-0.1, -0.05) is 69.2 Å².